The van der Waals surface area contributed by atoms with Crippen molar-refractivity contribution in [3.8, 4) is 34.2 Å². The van der Waals surface area contributed by atoms with Gasteiger partial charge in [0.2, 0.25) is 41.3 Å². The highest BCUT2D eigenvalue weighted by molar-refractivity contribution is 7.86. The Labute approximate surface area is 601 Å². The number of aromatic amines is 1. The first-order chi connectivity index (χ1) is 50.9. The SMILES string of the molecule is O=S1CCc2nc(N3CCC(c4cc(-c5ccco5)n[nH]4)CC3)nc(Nc3cccc(F)c3)c21.O=S1CCc2nc(N3CCC(c4nc(-c5ccccc5)no4)CC3)nc(Nc3cccc(F)c3)c21.O=S1CCc2nc(N3CCC(c4nc(-c5ccncc5)no4)CC3)nc(Nc3cccc(F)c3)c21. The van der Waals surface area contributed by atoms with Crippen molar-refractivity contribution in [1.82, 2.24) is 65.4 Å². The van der Waals surface area contributed by atoms with Gasteiger partial charge in [0.25, 0.3) is 0 Å². The van der Waals surface area contributed by atoms with Crippen molar-refractivity contribution in [1.29, 1.82) is 0 Å². The predicted molar refractivity (Wildman–Crippen MR) is 386 cm³/mol. The maximum atomic E-state index is 13.7. The number of nitrogens with one attached hydrogen (secondary N) is 4. The molecule has 0 radical (unpaired) electrons. The zero-order valence-electron chi connectivity index (χ0n) is 55.9. The molecular weight excluding hydrogens is 1390 g/mol. The molecule has 4 aromatic carbocycles. The minimum absolute atomic E-state index is 0.154. The molecule has 104 heavy (non-hydrogen) atoms. The number of hydrogen-bond donors (Lipinski definition) is 4. The molecule has 3 saturated heterocycles. The number of hydrogen-bond acceptors (Lipinski definition) is 24. The Kier molecular flexibility index (Phi) is 19.6. The van der Waals surface area contributed by atoms with Crippen LogP contribution in [0.4, 0.5) is 65.5 Å². The Morgan fingerprint density at radius 2 is 0.856 bits per heavy atom. The van der Waals surface area contributed by atoms with E-state index in [1.165, 1.54) is 36.4 Å². The number of furan rings is 1. The number of aryl methyl sites for hydroxylation is 3. The molecule has 530 valence electrons. The third-order valence-corrected chi connectivity index (χ3v) is 23.4. The van der Waals surface area contributed by atoms with E-state index in [2.05, 4.69) is 72.2 Å². The summed E-state index contributed by atoms with van der Waals surface area (Å²) in [4.78, 5) is 49.9. The molecule has 3 unspecified atom stereocenters. The van der Waals surface area contributed by atoms with E-state index in [1.54, 1.807) is 55.1 Å². The summed E-state index contributed by atoms with van der Waals surface area (Å²) in [5.41, 5.74) is 7.78. The number of halogens is 3. The van der Waals surface area contributed by atoms with Crippen LogP contribution < -0.4 is 30.7 Å². The van der Waals surface area contributed by atoms with E-state index in [0.717, 1.165) is 123 Å². The Balaban J connectivity index is 0.000000120. The average Bonchev–Trinajstić information content (AvgIpc) is 1.54. The van der Waals surface area contributed by atoms with E-state index in [9.17, 15) is 25.8 Å². The molecule has 4 N–H and O–H groups in total. The number of H-pyrrole nitrogens is 1. The Morgan fingerprint density at radius 1 is 0.442 bits per heavy atom. The van der Waals surface area contributed by atoms with Gasteiger partial charge in [-0.1, -0.05) is 58.8 Å². The zero-order chi connectivity index (χ0) is 70.6. The fourth-order valence-corrected chi connectivity index (χ4v) is 17.5. The number of rotatable bonds is 15. The van der Waals surface area contributed by atoms with Crippen molar-refractivity contribution in [2.75, 3.05) is 87.2 Å². The summed E-state index contributed by atoms with van der Waals surface area (Å²) in [6, 6.07) is 37.8. The van der Waals surface area contributed by atoms with Crippen molar-refractivity contribution < 1.29 is 39.3 Å². The maximum Gasteiger partial charge on any atom is 0.230 e. The lowest BCUT2D eigenvalue weighted by Crippen LogP contribution is -2.34. The first-order valence-electron chi connectivity index (χ1n) is 34.3. The summed E-state index contributed by atoms with van der Waals surface area (Å²) >= 11 is 0. The molecule has 0 amide bonds. The summed E-state index contributed by atoms with van der Waals surface area (Å²) in [7, 11) is -3.51. The lowest BCUT2D eigenvalue weighted by molar-refractivity contribution is 0.329. The molecule has 12 aromatic rings. The minimum atomic E-state index is -1.18. The van der Waals surface area contributed by atoms with Crippen LogP contribution in [0.1, 0.15) is 90.8 Å². The Morgan fingerprint density at radius 3 is 1.26 bits per heavy atom. The van der Waals surface area contributed by atoms with Gasteiger partial charge in [0, 0.05) is 140 Å². The predicted octanol–water partition coefficient (Wildman–Crippen LogP) is 12.7. The quantitative estimate of drug-likeness (QED) is 0.0741. The third-order valence-electron chi connectivity index (χ3n) is 19.0. The molecule has 0 saturated carbocycles. The number of anilines is 9. The monoisotopic (exact) mass is 1460 g/mol. The highest BCUT2D eigenvalue weighted by Gasteiger charge is 2.35. The van der Waals surface area contributed by atoms with Crippen molar-refractivity contribution in [3.05, 3.63) is 204 Å². The maximum absolute atomic E-state index is 13.7. The normalized spacial score (nSPS) is 18.1. The minimum Gasteiger partial charge on any atom is -0.463 e. The average molecular weight is 1460 g/mol. The first kappa shape index (κ1) is 67.6. The highest BCUT2D eigenvalue weighted by Crippen LogP contribution is 2.40. The van der Waals surface area contributed by atoms with Gasteiger partial charge in [-0.15, -0.1) is 0 Å². The molecule has 3 atom stereocenters. The fourth-order valence-electron chi connectivity index (χ4n) is 13.6. The van der Waals surface area contributed by atoms with Crippen LogP contribution in [0.3, 0.4) is 0 Å². The molecule has 31 heteroatoms. The fraction of sp³-hybridized carbons (Fsp3) is 0.288. The van der Waals surface area contributed by atoms with Gasteiger partial charge < -0.3 is 44.1 Å². The van der Waals surface area contributed by atoms with Gasteiger partial charge in [-0.05, 0) is 123 Å². The lowest BCUT2D eigenvalue weighted by Gasteiger charge is -2.32. The van der Waals surface area contributed by atoms with Crippen LogP contribution in [0.5, 0.6) is 0 Å². The van der Waals surface area contributed by atoms with E-state index in [0.29, 0.717) is 133 Å². The molecule has 0 spiro atoms. The molecule has 18 rings (SSSR count). The number of fused-ring (bicyclic) bond motifs is 3. The van der Waals surface area contributed by atoms with Crippen molar-refractivity contribution in [2.24, 2.45) is 0 Å². The van der Waals surface area contributed by atoms with Gasteiger partial charge in [-0.2, -0.15) is 30.0 Å². The van der Waals surface area contributed by atoms with Crippen molar-refractivity contribution >= 4 is 84.8 Å². The number of benzene rings is 4. The summed E-state index contributed by atoms with van der Waals surface area (Å²) < 4.78 is 95.5. The van der Waals surface area contributed by atoms with Crippen LogP contribution in [0, 0.1) is 17.5 Å². The molecular formula is C73H68F3N19O6S3. The Hall–Kier alpha value is -10.9. The smallest absolute Gasteiger partial charge is 0.230 e. The summed E-state index contributed by atoms with van der Waals surface area (Å²) in [5, 5.41) is 25.3. The van der Waals surface area contributed by atoms with Gasteiger partial charge in [0.1, 0.15) is 37.8 Å². The molecule has 0 bridgehead atoms. The van der Waals surface area contributed by atoms with Crippen molar-refractivity contribution in [2.45, 2.75) is 90.2 Å². The van der Waals surface area contributed by atoms with E-state index < -0.39 is 32.4 Å². The van der Waals surface area contributed by atoms with Crippen LogP contribution in [-0.4, -0.2) is 135 Å². The summed E-state index contributed by atoms with van der Waals surface area (Å²) in [5.74, 6) is 7.69. The second-order valence-corrected chi connectivity index (χ2v) is 30.3. The van der Waals surface area contributed by atoms with E-state index >= 15 is 0 Å². The van der Waals surface area contributed by atoms with Gasteiger partial charge in [0.05, 0.1) is 55.7 Å². The molecule has 6 aliphatic heterocycles. The number of piperidine rings is 3. The molecule has 8 aromatic heterocycles. The second-order valence-electron chi connectivity index (χ2n) is 25.7. The number of aromatic nitrogens is 13. The largest absolute Gasteiger partial charge is 0.463 e. The topological polar surface area (TPSA) is 307 Å². The molecule has 6 aliphatic rings. The summed E-state index contributed by atoms with van der Waals surface area (Å²) in [6.45, 7) is 4.49. The second kappa shape index (κ2) is 30.2. The van der Waals surface area contributed by atoms with E-state index in [1.807, 2.05) is 54.6 Å². The molecule has 0 aliphatic carbocycles. The standard InChI is InChI=1S/C25H23FN6O2S.C24H22FN7O2S.C24H23FN6O2S/c26-18-7-4-8-19(15-18)27-23-21-20(11-14-35(21)33)28-25(30-23)32-12-9-17(10-13-32)24-29-22(31-34-24)16-5-2-1-3-6-16;25-17-2-1-3-18(14-17)27-22-20-19(8-13-35(20)33)28-24(30-22)32-11-6-16(7-12-32)23-29-21(31-34-23)15-4-9-26-10-5-15;25-16-3-1-4-17(13-16)26-23-22-18(8-12-34(22)32)27-24(28-23)31-9-6-15(7-10-31)19-14-20(30-29-19)21-5-2-11-33-21/h1-8,15,17H,9-14H2,(H,27,28,30);1-5,9-10,14,16H,6-8,11-13H2,(H,27,28,30);1-5,11,13-15H,6-10,12H2,(H,29,30)(H,26,27,28). The third kappa shape index (κ3) is 15.0. The van der Waals surface area contributed by atoms with Crippen LogP contribution in [0.25, 0.3) is 34.2 Å². The summed E-state index contributed by atoms with van der Waals surface area (Å²) in [6.07, 6.45) is 12.1. The Bertz CT molecular complexity index is 4920. The lowest BCUT2D eigenvalue weighted by atomic mass is 9.93. The van der Waals surface area contributed by atoms with Crippen LogP contribution in [0.2, 0.25) is 0 Å². The molecule has 25 nitrogen and oxygen atoms in total. The first-order valence-corrected chi connectivity index (χ1v) is 38.3. The zero-order valence-corrected chi connectivity index (χ0v) is 58.4. The number of nitrogens with zero attached hydrogens (tertiary/aromatic N) is 15. The van der Waals surface area contributed by atoms with E-state index in [-0.39, 0.29) is 29.3 Å². The van der Waals surface area contributed by atoms with Crippen LogP contribution in [-0.2, 0) is 51.7 Å². The van der Waals surface area contributed by atoms with Gasteiger partial charge in [-0.25, -0.2) is 28.1 Å². The van der Waals surface area contributed by atoms with Gasteiger partial charge in [-0.3, -0.25) is 22.7 Å². The van der Waals surface area contributed by atoms with E-state index in [4.69, 9.17) is 43.4 Å². The van der Waals surface area contributed by atoms with Crippen LogP contribution in [0.15, 0.2) is 180 Å². The van der Waals surface area contributed by atoms with Gasteiger partial charge >= 0.3 is 0 Å². The molecule has 3 fully saturated rings. The number of pyridine rings is 1. The van der Waals surface area contributed by atoms with Crippen LogP contribution >= 0.6 is 0 Å². The highest BCUT2D eigenvalue weighted by atomic mass is 32.2. The van der Waals surface area contributed by atoms with Gasteiger partial charge in [0.15, 0.2) is 23.2 Å². The molecule has 14 heterocycles. The van der Waals surface area contributed by atoms with Crippen molar-refractivity contribution in [3.63, 3.8) is 0 Å².